The first-order valence-electron chi connectivity index (χ1n) is 3.88. The molecule has 0 aromatic rings. The largest absolute Gasteiger partial charge is 0.295 e. The van der Waals surface area contributed by atoms with Crippen molar-refractivity contribution >= 4 is 5.78 Å². The molecular formula is C10H12O. The predicted octanol–water partition coefficient (Wildman–Crippen LogP) is 1.94. The molecule has 1 unspecified atom stereocenters. The van der Waals surface area contributed by atoms with Crippen molar-refractivity contribution in [2.24, 2.45) is 5.92 Å². The first-order valence-corrected chi connectivity index (χ1v) is 3.88. The van der Waals surface area contributed by atoms with Crippen molar-refractivity contribution in [3.63, 3.8) is 0 Å². The SMILES string of the molecule is C#CCC1=CC(=O)CC(C)C1. The number of carbonyl (C=O) groups excluding carboxylic acids is 1. The van der Waals surface area contributed by atoms with Crippen molar-refractivity contribution in [2.75, 3.05) is 0 Å². The second-order valence-electron chi connectivity index (χ2n) is 3.16. The number of rotatable bonds is 1. The van der Waals surface area contributed by atoms with Gasteiger partial charge in [-0.25, -0.2) is 0 Å². The normalized spacial score (nSPS) is 24.2. The second kappa shape index (κ2) is 3.39. The van der Waals surface area contributed by atoms with Crippen LogP contribution >= 0.6 is 0 Å². The van der Waals surface area contributed by atoms with Crippen molar-refractivity contribution in [3.05, 3.63) is 11.6 Å². The van der Waals surface area contributed by atoms with Crippen LogP contribution in [0.15, 0.2) is 11.6 Å². The summed E-state index contributed by atoms with van der Waals surface area (Å²) in [5.41, 5.74) is 1.12. The molecule has 1 aliphatic rings. The number of hydrogen-bond acceptors (Lipinski definition) is 1. The predicted molar refractivity (Wildman–Crippen MR) is 44.9 cm³/mol. The van der Waals surface area contributed by atoms with Gasteiger partial charge in [0, 0.05) is 12.8 Å². The van der Waals surface area contributed by atoms with Crippen molar-refractivity contribution in [3.8, 4) is 12.3 Å². The minimum absolute atomic E-state index is 0.231. The van der Waals surface area contributed by atoms with Gasteiger partial charge in [-0.3, -0.25) is 4.79 Å². The van der Waals surface area contributed by atoms with E-state index in [1.54, 1.807) is 6.08 Å². The summed E-state index contributed by atoms with van der Waals surface area (Å²) in [7, 11) is 0. The Labute approximate surface area is 67.5 Å². The van der Waals surface area contributed by atoms with Gasteiger partial charge in [0.1, 0.15) is 0 Å². The highest BCUT2D eigenvalue weighted by Crippen LogP contribution is 2.22. The molecule has 0 saturated heterocycles. The molecule has 0 amide bonds. The van der Waals surface area contributed by atoms with E-state index in [4.69, 9.17) is 6.42 Å². The first kappa shape index (κ1) is 8.07. The molecule has 0 fully saturated rings. The van der Waals surface area contributed by atoms with Crippen LogP contribution in [0.3, 0.4) is 0 Å². The van der Waals surface area contributed by atoms with E-state index < -0.39 is 0 Å². The van der Waals surface area contributed by atoms with E-state index in [0.717, 1.165) is 12.0 Å². The molecular weight excluding hydrogens is 136 g/mol. The number of terminal acetylenes is 1. The van der Waals surface area contributed by atoms with Gasteiger partial charge in [-0.2, -0.15) is 0 Å². The maximum atomic E-state index is 11.0. The summed E-state index contributed by atoms with van der Waals surface area (Å²) in [5, 5.41) is 0. The molecule has 0 aromatic heterocycles. The summed E-state index contributed by atoms with van der Waals surface area (Å²) in [4.78, 5) is 11.0. The van der Waals surface area contributed by atoms with Crippen LogP contribution in [0.4, 0.5) is 0 Å². The van der Waals surface area contributed by atoms with Gasteiger partial charge in [-0.1, -0.05) is 12.5 Å². The van der Waals surface area contributed by atoms with Crippen molar-refractivity contribution in [1.82, 2.24) is 0 Å². The summed E-state index contributed by atoms with van der Waals surface area (Å²) < 4.78 is 0. The molecule has 0 heterocycles. The number of ketones is 1. The monoisotopic (exact) mass is 148 g/mol. The molecule has 58 valence electrons. The number of allylic oxidation sites excluding steroid dienone is 2. The van der Waals surface area contributed by atoms with Gasteiger partial charge in [-0.05, 0) is 18.4 Å². The topological polar surface area (TPSA) is 17.1 Å². The van der Waals surface area contributed by atoms with E-state index >= 15 is 0 Å². The molecule has 0 bridgehead atoms. The Hall–Kier alpha value is -1.03. The molecule has 1 nitrogen and oxygen atoms in total. The summed E-state index contributed by atoms with van der Waals surface area (Å²) in [6.07, 6.45) is 9.18. The molecule has 0 saturated carbocycles. The second-order valence-corrected chi connectivity index (χ2v) is 3.16. The first-order chi connectivity index (χ1) is 5.22. The molecule has 0 aliphatic heterocycles. The molecule has 11 heavy (non-hydrogen) atoms. The lowest BCUT2D eigenvalue weighted by Crippen LogP contribution is -2.10. The fraction of sp³-hybridized carbons (Fsp3) is 0.500. The summed E-state index contributed by atoms with van der Waals surface area (Å²) in [6, 6.07) is 0. The number of hydrogen-bond donors (Lipinski definition) is 0. The van der Waals surface area contributed by atoms with Gasteiger partial charge in [0.05, 0.1) is 0 Å². The van der Waals surface area contributed by atoms with Crippen LogP contribution < -0.4 is 0 Å². The average molecular weight is 148 g/mol. The third-order valence-corrected chi connectivity index (χ3v) is 1.85. The summed E-state index contributed by atoms with van der Waals surface area (Å²) in [5.74, 6) is 3.27. The van der Waals surface area contributed by atoms with Crippen molar-refractivity contribution in [1.29, 1.82) is 0 Å². The van der Waals surface area contributed by atoms with Crippen LogP contribution in [0.2, 0.25) is 0 Å². The quantitative estimate of drug-likeness (QED) is 0.519. The van der Waals surface area contributed by atoms with E-state index in [1.165, 1.54) is 0 Å². The Bertz CT molecular complexity index is 230. The van der Waals surface area contributed by atoms with E-state index in [1.807, 2.05) is 0 Å². The zero-order chi connectivity index (χ0) is 8.27. The van der Waals surface area contributed by atoms with Gasteiger partial charge in [-0.15, -0.1) is 12.3 Å². The maximum absolute atomic E-state index is 11.0. The minimum atomic E-state index is 0.231. The molecule has 0 aromatic carbocycles. The Kier molecular flexibility index (Phi) is 2.48. The molecule has 0 N–H and O–H groups in total. The van der Waals surface area contributed by atoms with Gasteiger partial charge < -0.3 is 0 Å². The highest BCUT2D eigenvalue weighted by Gasteiger charge is 2.15. The van der Waals surface area contributed by atoms with Crippen LogP contribution in [0, 0.1) is 18.3 Å². The molecule has 1 rings (SSSR count). The van der Waals surface area contributed by atoms with E-state index in [9.17, 15) is 4.79 Å². The van der Waals surface area contributed by atoms with Crippen LogP contribution in [-0.4, -0.2) is 5.78 Å². The lowest BCUT2D eigenvalue weighted by Gasteiger charge is -2.16. The van der Waals surface area contributed by atoms with E-state index in [-0.39, 0.29) is 5.78 Å². The lowest BCUT2D eigenvalue weighted by atomic mass is 9.88. The van der Waals surface area contributed by atoms with Gasteiger partial charge >= 0.3 is 0 Å². The standard InChI is InChI=1S/C10H12O/c1-3-4-9-5-8(2)6-10(11)7-9/h1,7-8H,4-6H2,2H3. The molecule has 1 atom stereocenters. The lowest BCUT2D eigenvalue weighted by molar-refractivity contribution is -0.115. The fourth-order valence-electron chi connectivity index (χ4n) is 1.46. The maximum Gasteiger partial charge on any atom is 0.155 e. The molecule has 0 spiro atoms. The van der Waals surface area contributed by atoms with Crippen LogP contribution in [-0.2, 0) is 4.79 Å². The minimum Gasteiger partial charge on any atom is -0.295 e. The molecule has 1 heteroatoms. The summed E-state index contributed by atoms with van der Waals surface area (Å²) >= 11 is 0. The third-order valence-electron chi connectivity index (χ3n) is 1.85. The average Bonchev–Trinajstić information content (AvgIpc) is 1.85. The Morgan fingerprint density at radius 1 is 1.73 bits per heavy atom. The highest BCUT2D eigenvalue weighted by molar-refractivity contribution is 5.91. The Morgan fingerprint density at radius 3 is 3.00 bits per heavy atom. The zero-order valence-corrected chi connectivity index (χ0v) is 6.76. The zero-order valence-electron chi connectivity index (χ0n) is 6.76. The highest BCUT2D eigenvalue weighted by atomic mass is 16.1. The van der Waals surface area contributed by atoms with Crippen LogP contribution in [0.5, 0.6) is 0 Å². The van der Waals surface area contributed by atoms with Crippen molar-refractivity contribution in [2.45, 2.75) is 26.2 Å². The van der Waals surface area contributed by atoms with Crippen LogP contribution in [0.1, 0.15) is 26.2 Å². The van der Waals surface area contributed by atoms with E-state index in [0.29, 0.717) is 18.8 Å². The van der Waals surface area contributed by atoms with Crippen molar-refractivity contribution < 1.29 is 4.79 Å². The van der Waals surface area contributed by atoms with Gasteiger partial charge in [0.2, 0.25) is 0 Å². The van der Waals surface area contributed by atoms with Gasteiger partial charge in [0.15, 0.2) is 5.78 Å². The fourth-order valence-corrected chi connectivity index (χ4v) is 1.46. The number of carbonyl (C=O) groups is 1. The molecule has 1 aliphatic carbocycles. The van der Waals surface area contributed by atoms with Crippen LogP contribution in [0.25, 0.3) is 0 Å². The van der Waals surface area contributed by atoms with Gasteiger partial charge in [0.25, 0.3) is 0 Å². The smallest absolute Gasteiger partial charge is 0.155 e. The third kappa shape index (κ3) is 2.23. The van der Waals surface area contributed by atoms with E-state index in [2.05, 4.69) is 12.8 Å². The Morgan fingerprint density at radius 2 is 2.45 bits per heavy atom. The molecule has 0 radical (unpaired) electrons. The Balaban J connectivity index is 2.66. The summed E-state index contributed by atoms with van der Waals surface area (Å²) in [6.45, 7) is 2.08.